The van der Waals surface area contributed by atoms with Crippen LogP contribution >= 0.6 is 0 Å². The maximum atomic E-state index is 14.1. The zero-order chi connectivity index (χ0) is 27.1. The largest absolute Gasteiger partial charge is 0.497 e. The van der Waals surface area contributed by atoms with Gasteiger partial charge in [-0.3, -0.25) is 14.5 Å². The van der Waals surface area contributed by atoms with Gasteiger partial charge >= 0.3 is 0 Å². The van der Waals surface area contributed by atoms with E-state index in [-0.39, 0.29) is 18.4 Å². The minimum absolute atomic E-state index is 0.107. The fourth-order valence-corrected chi connectivity index (χ4v) is 4.22. The summed E-state index contributed by atoms with van der Waals surface area (Å²) in [6.45, 7) is 4.59. The monoisotopic (exact) mass is 515 g/mol. The molecule has 0 spiro atoms. The van der Waals surface area contributed by atoms with Gasteiger partial charge in [0.25, 0.3) is 0 Å². The summed E-state index contributed by atoms with van der Waals surface area (Å²) < 4.78 is 12.3. The molecule has 0 radical (unpaired) electrons. The Hall–Kier alpha value is -4.40. The Labute approximate surface area is 222 Å². The summed E-state index contributed by atoms with van der Waals surface area (Å²) in [5, 5.41) is 11.4. The summed E-state index contributed by atoms with van der Waals surface area (Å²) in [5.74, 6) is 1.04. The predicted octanol–water partition coefficient (Wildman–Crippen LogP) is 4.39. The lowest BCUT2D eigenvalue weighted by atomic mass is 10.0. The third-order valence-corrected chi connectivity index (χ3v) is 6.26. The van der Waals surface area contributed by atoms with Gasteiger partial charge in [0.2, 0.25) is 11.8 Å². The van der Waals surface area contributed by atoms with E-state index in [1.807, 2.05) is 24.3 Å². The number of hydrogen-bond donors (Lipinski definition) is 1. The molecule has 4 rings (SSSR count). The maximum absolute atomic E-state index is 14.1. The van der Waals surface area contributed by atoms with Crippen LogP contribution in [0.4, 0.5) is 5.69 Å². The SMILES string of the molecule is COc1ccc([C@@H](C(=O)NCCC(C)C)N(C(=O)Cn2nnc3ccccc32)c2cccc(OC)c2)cc1. The Morgan fingerprint density at radius 1 is 0.947 bits per heavy atom. The van der Waals surface area contributed by atoms with Gasteiger partial charge in [0.05, 0.1) is 19.7 Å². The number of anilines is 1. The van der Waals surface area contributed by atoms with Gasteiger partial charge in [0.15, 0.2) is 0 Å². The zero-order valence-electron chi connectivity index (χ0n) is 22.1. The number of carbonyl (C=O) groups excluding carboxylic acids is 2. The van der Waals surface area contributed by atoms with Crippen molar-refractivity contribution in [3.63, 3.8) is 0 Å². The molecule has 9 nitrogen and oxygen atoms in total. The minimum Gasteiger partial charge on any atom is -0.497 e. The highest BCUT2D eigenvalue weighted by Gasteiger charge is 2.33. The van der Waals surface area contributed by atoms with E-state index in [2.05, 4.69) is 29.5 Å². The number of amides is 2. The van der Waals surface area contributed by atoms with Gasteiger partial charge in [-0.1, -0.05) is 49.4 Å². The minimum atomic E-state index is -0.942. The van der Waals surface area contributed by atoms with Crippen molar-refractivity contribution in [2.75, 3.05) is 25.7 Å². The maximum Gasteiger partial charge on any atom is 0.249 e. The number of para-hydroxylation sites is 1. The summed E-state index contributed by atoms with van der Waals surface area (Å²) >= 11 is 0. The highest BCUT2D eigenvalue weighted by Crippen LogP contribution is 2.32. The Bertz CT molecular complexity index is 1380. The van der Waals surface area contributed by atoms with Gasteiger partial charge in [-0.05, 0) is 54.3 Å². The summed E-state index contributed by atoms with van der Waals surface area (Å²) in [4.78, 5) is 29.3. The number of hydrogen-bond acceptors (Lipinski definition) is 6. The number of fused-ring (bicyclic) bond motifs is 1. The molecule has 0 saturated heterocycles. The second-order valence-corrected chi connectivity index (χ2v) is 9.35. The molecule has 0 aliphatic rings. The second-order valence-electron chi connectivity index (χ2n) is 9.35. The van der Waals surface area contributed by atoms with Crippen molar-refractivity contribution in [3.05, 3.63) is 78.4 Å². The molecule has 198 valence electrons. The van der Waals surface area contributed by atoms with E-state index in [1.165, 1.54) is 4.90 Å². The molecule has 4 aromatic rings. The average molecular weight is 516 g/mol. The first-order chi connectivity index (χ1) is 18.4. The summed E-state index contributed by atoms with van der Waals surface area (Å²) in [5.41, 5.74) is 2.59. The summed E-state index contributed by atoms with van der Waals surface area (Å²) in [6.07, 6.45) is 0.819. The van der Waals surface area contributed by atoms with Crippen molar-refractivity contribution < 1.29 is 19.1 Å². The van der Waals surface area contributed by atoms with Crippen LogP contribution in [0, 0.1) is 5.92 Å². The van der Waals surface area contributed by atoms with E-state index in [0.717, 1.165) is 11.9 Å². The van der Waals surface area contributed by atoms with Gasteiger partial charge in [-0.15, -0.1) is 5.10 Å². The van der Waals surface area contributed by atoms with Gasteiger partial charge in [0.1, 0.15) is 29.6 Å². The average Bonchev–Trinajstić information content (AvgIpc) is 3.34. The van der Waals surface area contributed by atoms with E-state index in [1.54, 1.807) is 67.4 Å². The van der Waals surface area contributed by atoms with Gasteiger partial charge in [-0.25, -0.2) is 4.68 Å². The van der Waals surface area contributed by atoms with Crippen LogP contribution < -0.4 is 19.7 Å². The smallest absolute Gasteiger partial charge is 0.249 e. The Morgan fingerprint density at radius 2 is 1.68 bits per heavy atom. The summed E-state index contributed by atoms with van der Waals surface area (Å²) in [7, 11) is 3.14. The standard InChI is InChI=1S/C29H33N5O4/c1-20(2)16-17-30-29(36)28(21-12-14-23(37-3)15-13-21)34(22-8-7-9-24(18-22)38-4)27(35)19-33-26-11-6-5-10-25(26)31-32-33/h5-15,18,20,28H,16-17,19H2,1-4H3,(H,30,36)/t28-/m0/s1. The highest BCUT2D eigenvalue weighted by atomic mass is 16.5. The zero-order valence-corrected chi connectivity index (χ0v) is 22.1. The first-order valence-corrected chi connectivity index (χ1v) is 12.6. The van der Waals surface area contributed by atoms with Crippen molar-refractivity contribution in [1.82, 2.24) is 20.3 Å². The summed E-state index contributed by atoms with van der Waals surface area (Å²) in [6, 6.07) is 20.8. The van der Waals surface area contributed by atoms with Crippen LogP contribution in [-0.2, 0) is 16.1 Å². The number of nitrogens with one attached hydrogen (secondary N) is 1. The molecule has 0 unspecified atom stereocenters. The number of aromatic nitrogens is 3. The molecule has 1 atom stereocenters. The molecule has 9 heteroatoms. The van der Waals surface area contributed by atoms with Crippen molar-refractivity contribution in [1.29, 1.82) is 0 Å². The normalized spacial score (nSPS) is 11.8. The Morgan fingerprint density at radius 3 is 2.39 bits per heavy atom. The topological polar surface area (TPSA) is 98.6 Å². The fourth-order valence-electron chi connectivity index (χ4n) is 4.22. The third kappa shape index (κ3) is 6.11. The van der Waals surface area contributed by atoms with E-state index >= 15 is 0 Å². The van der Waals surface area contributed by atoms with Crippen LogP contribution in [0.15, 0.2) is 72.8 Å². The molecule has 0 fully saturated rings. The quantitative estimate of drug-likeness (QED) is 0.318. The number of carbonyl (C=O) groups is 2. The Balaban J connectivity index is 1.78. The van der Waals surface area contributed by atoms with Crippen molar-refractivity contribution in [2.45, 2.75) is 32.9 Å². The lowest BCUT2D eigenvalue weighted by Gasteiger charge is -2.32. The molecule has 1 aromatic heterocycles. The van der Waals surface area contributed by atoms with E-state index < -0.39 is 6.04 Å². The second kappa shape index (κ2) is 12.2. The molecular formula is C29H33N5O4. The van der Waals surface area contributed by atoms with Crippen molar-refractivity contribution >= 4 is 28.5 Å². The van der Waals surface area contributed by atoms with Gasteiger partial charge in [-0.2, -0.15) is 0 Å². The third-order valence-electron chi connectivity index (χ3n) is 6.26. The molecular weight excluding hydrogens is 482 g/mol. The van der Waals surface area contributed by atoms with Gasteiger partial charge < -0.3 is 14.8 Å². The van der Waals surface area contributed by atoms with Crippen LogP contribution in [-0.4, -0.2) is 47.6 Å². The van der Waals surface area contributed by atoms with Crippen LogP contribution in [0.2, 0.25) is 0 Å². The molecule has 0 aliphatic carbocycles. The molecule has 0 bridgehead atoms. The van der Waals surface area contributed by atoms with Gasteiger partial charge in [0, 0.05) is 18.3 Å². The number of ether oxygens (including phenoxy) is 2. The number of benzene rings is 3. The molecule has 2 amide bonds. The molecule has 1 heterocycles. The first-order valence-electron chi connectivity index (χ1n) is 12.6. The van der Waals surface area contributed by atoms with E-state index in [4.69, 9.17) is 9.47 Å². The molecule has 0 saturated carbocycles. The number of methoxy groups -OCH3 is 2. The van der Waals surface area contributed by atoms with Crippen molar-refractivity contribution in [3.8, 4) is 11.5 Å². The molecule has 0 aliphatic heterocycles. The lowest BCUT2D eigenvalue weighted by Crippen LogP contribution is -2.45. The molecule has 3 aromatic carbocycles. The number of rotatable bonds is 11. The highest BCUT2D eigenvalue weighted by molar-refractivity contribution is 6.01. The predicted molar refractivity (Wildman–Crippen MR) is 146 cm³/mol. The lowest BCUT2D eigenvalue weighted by molar-refractivity contribution is -0.127. The van der Waals surface area contributed by atoms with Crippen molar-refractivity contribution in [2.24, 2.45) is 5.92 Å². The van der Waals surface area contributed by atoms with Crippen LogP contribution in [0.1, 0.15) is 31.9 Å². The molecule has 1 N–H and O–H groups in total. The van der Waals surface area contributed by atoms with Crippen LogP contribution in [0.3, 0.4) is 0 Å². The van der Waals surface area contributed by atoms with Crippen LogP contribution in [0.5, 0.6) is 11.5 Å². The fraction of sp³-hybridized carbons (Fsp3) is 0.310. The van der Waals surface area contributed by atoms with Crippen LogP contribution in [0.25, 0.3) is 11.0 Å². The first kappa shape index (κ1) is 26.7. The molecule has 38 heavy (non-hydrogen) atoms. The number of nitrogens with zero attached hydrogens (tertiary/aromatic N) is 4. The van der Waals surface area contributed by atoms with E-state index in [9.17, 15) is 9.59 Å². The Kier molecular flexibility index (Phi) is 8.58. The van der Waals surface area contributed by atoms with E-state index in [0.29, 0.717) is 40.7 Å².